The molecule has 6 nitrogen and oxygen atoms in total. The molecule has 0 aromatic heterocycles. The molecule has 0 heterocycles. The van der Waals surface area contributed by atoms with E-state index in [1.165, 1.54) is 0 Å². The average Bonchev–Trinajstić information content (AvgIpc) is 2.67. The fourth-order valence-corrected chi connectivity index (χ4v) is 3.12. The summed E-state index contributed by atoms with van der Waals surface area (Å²) in [6.45, 7) is 6.72. The van der Waals surface area contributed by atoms with Gasteiger partial charge in [-0.15, -0.1) is 0 Å². The molecule has 2 rings (SSSR count). The number of rotatable bonds is 8. The third-order valence-corrected chi connectivity index (χ3v) is 4.47. The SMILES string of the molecule is CCC(=O)N(Cc1ccccc1)Cc1cc(NC(=O)NC(C)C)ccc1N(C)C. The molecule has 0 fully saturated rings. The van der Waals surface area contributed by atoms with Crippen LogP contribution >= 0.6 is 0 Å². The Labute approximate surface area is 173 Å². The predicted octanol–water partition coefficient (Wildman–Crippen LogP) is 4.22. The lowest BCUT2D eigenvalue weighted by molar-refractivity contribution is -0.132. The van der Waals surface area contributed by atoms with Gasteiger partial charge in [-0.05, 0) is 43.2 Å². The first-order valence-electron chi connectivity index (χ1n) is 9.99. The van der Waals surface area contributed by atoms with Crippen molar-refractivity contribution in [2.24, 2.45) is 0 Å². The van der Waals surface area contributed by atoms with Gasteiger partial charge in [0.1, 0.15) is 0 Å². The van der Waals surface area contributed by atoms with Crippen LogP contribution in [-0.2, 0) is 17.9 Å². The molecule has 2 N–H and O–H groups in total. The van der Waals surface area contributed by atoms with Crippen molar-refractivity contribution in [3.8, 4) is 0 Å². The number of carbonyl (C=O) groups excluding carboxylic acids is 2. The van der Waals surface area contributed by atoms with Crippen LogP contribution in [0.4, 0.5) is 16.2 Å². The van der Waals surface area contributed by atoms with Gasteiger partial charge in [0.25, 0.3) is 0 Å². The Morgan fingerprint density at radius 3 is 2.28 bits per heavy atom. The second-order valence-electron chi connectivity index (χ2n) is 7.58. The van der Waals surface area contributed by atoms with Crippen LogP contribution in [0.5, 0.6) is 0 Å². The van der Waals surface area contributed by atoms with Gasteiger partial charge >= 0.3 is 6.03 Å². The van der Waals surface area contributed by atoms with Crippen LogP contribution in [0.25, 0.3) is 0 Å². The number of hydrogen-bond acceptors (Lipinski definition) is 3. The predicted molar refractivity (Wildman–Crippen MR) is 119 cm³/mol. The number of urea groups is 1. The zero-order valence-corrected chi connectivity index (χ0v) is 18.0. The molecular weight excluding hydrogens is 364 g/mol. The lowest BCUT2D eigenvalue weighted by Gasteiger charge is -2.26. The first-order valence-corrected chi connectivity index (χ1v) is 9.99. The van der Waals surface area contributed by atoms with Crippen molar-refractivity contribution in [1.82, 2.24) is 10.2 Å². The molecule has 6 heteroatoms. The molecule has 2 aromatic rings. The van der Waals surface area contributed by atoms with Gasteiger partial charge in [0, 0.05) is 51.0 Å². The topological polar surface area (TPSA) is 64.7 Å². The highest BCUT2D eigenvalue weighted by molar-refractivity contribution is 5.90. The van der Waals surface area contributed by atoms with E-state index in [1.807, 2.05) is 93.2 Å². The summed E-state index contributed by atoms with van der Waals surface area (Å²) in [5.41, 5.74) is 3.79. The molecule has 29 heavy (non-hydrogen) atoms. The molecule has 156 valence electrons. The van der Waals surface area contributed by atoms with E-state index in [4.69, 9.17) is 0 Å². The van der Waals surface area contributed by atoms with E-state index in [9.17, 15) is 9.59 Å². The number of nitrogens with one attached hydrogen (secondary N) is 2. The van der Waals surface area contributed by atoms with E-state index >= 15 is 0 Å². The van der Waals surface area contributed by atoms with Crippen molar-refractivity contribution < 1.29 is 9.59 Å². The zero-order valence-electron chi connectivity index (χ0n) is 18.0. The first-order chi connectivity index (χ1) is 13.8. The quantitative estimate of drug-likeness (QED) is 0.702. The molecule has 0 unspecified atom stereocenters. The van der Waals surface area contributed by atoms with Crippen LogP contribution in [0.3, 0.4) is 0 Å². The Balaban J connectivity index is 2.28. The van der Waals surface area contributed by atoms with Crippen LogP contribution in [-0.4, -0.2) is 37.0 Å². The van der Waals surface area contributed by atoms with Crippen molar-refractivity contribution in [1.29, 1.82) is 0 Å². The van der Waals surface area contributed by atoms with Crippen LogP contribution in [0.15, 0.2) is 48.5 Å². The Bertz CT molecular complexity index is 819. The standard InChI is InChI=1S/C23H32N4O2/c1-6-22(28)27(15-18-10-8-7-9-11-18)16-19-14-20(12-13-21(19)26(4)5)25-23(29)24-17(2)3/h7-14,17H,6,15-16H2,1-5H3,(H2,24,25,29). The molecular formula is C23H32N4O2. The highest BCUT2D eigenvalue weighted by atomic mass is 16.2. The van der Waals surface area contributed by atoms with Crippen LogP contribution in [0.1, 0.15) is 38.3 Å². The maximum Gasteiger partial charge on any atom is 0.319 e. The first kappa shape index (κ1) is 22.3. The molecule has 0 radical (unpaired) electrons. The van der Waals surface area contributed by atoms with Crippen LogP contribution in [0.2, 0.25) is 0 Å². The van der Waals surface area contributed by atoms with E-state index < -0.39 is 0 Å². The maximum atomic E-state index is 12.6. The molecule has 0 spiro atoms. The monoisotopic (exact) mass is 396 g/mol. The minimum Gasteiger partial charge on any atom is -0.377 e. The van der Waals surface area contributed by atoms with Gasteiger partial charge in [0.05, 0.1) is 0 Å². The average molecular weight is 397 g/mol. The normalized spacial score (nSPS) is 10.6. The Kier molecular flexibility index (Phi) is 8.07. The molecule has 0 saturated heterocycles. The number of nitrogens with zero attached hydrogens (tertiary/aromatic N) is 2. The van der Waals surface area contributed by atoms with E-state index in [2.05, 4.69) is 10.6 Å². The number of hydrogen-bond donors (Lipinski definition) is 2. The lowest BCUT2D eigenvalue weighted by Crippen LogP contribution is -2.34. The second kappa shape index (κ2) is 10.5. The molecule has 0 atom stereocenters. The number of benzene rings is 2. The number of anilines is 2. The highest BCUT2D eigenvalue weighted by Crippen LogP contribution is 2.25. The summed E-state index contributed by atoms with van der Waals surface area (Å²) in [6, 6.07) is 15.6. The molecule has 0 aliphatic rings. The second-order valence-corrected chi connectivity index (χ2v) is 7.58. The zero-order chi connectivity index (χ0) is 21.4. The van der Waals surface area contributed by atoms with Crippen molar-refractivity contribution in [2.45, 2.75) is 46.3 Å². The van der Waals surface area contributed by atoms with Crippen LogP contribution in [0, 0.1) is 0 Å². The fourth-order valence-electron chi connectivity index (χ4n) is 3.12. The van der Waals surface area contributed by atoms with E-state index in [0.29, 0.717) is 25.2 Å². The van der Waals surface area contributed by atoms with Crippen molar-refractivity contribution in [3.05, 3.63) is 59.7 Å². The molecule has 2 aromatic carbocycles. The molecule has 0 aliphatic carbocycles. The minimum absolute atomic E-state index is 0.0547. The van der Waals surface area contributed by atoms with Gasteiger partial charge < -0.3 is 20.4 Å². The summed E-state index contributed by atoms with van der Waals surface area (Å²) in [5.74, 6) is 0.0921. The number of amides is 3. The van der Waals surface area contributed by atoms with Crippen molar-refractivity contribution in [3.63, 3.8) is 0 Å². The lowest BCUT2D eigenvalue weighted by atomic mass is 10.1. The summed E-state index contributed by atoms with van der Waals surface area (Å²) >= 11 is 0. The summed E-state index contributed by atoms with van der Waals surface area (Å²) in [6.07, 6.45) is 0.443. The molecule has 0 bridgehead atoms. The Morgan fingerprint density at radius 1 is 1.00 bits per heavy atom. The van der Waals surface area contributed by atoms with E-state index in [-0.39, 0.29) is 18.0 Å². The molecule has 0 aliphatic heterocycles. The van der Waals surface area contributed by atoms with E-state index in [0.717, 1.165) is 16.8 Å². The van der Waals surface area contributed by atoms with Crippen molar-refractivity contribution in [2.75, 3.05) is 24.3 Å². The van der Waals surface area contributed by atoms with Crippen LogP contribution < -0.4 is 15.5 Å². The maximum absolute atomic E-state index is 12.6. The summed E-state index contributed by atoms with van der Waals surface area (Å²) in [7, 11) is 3.95. The highest BCUT2D eigenvalue weighted by Gasteiger charge is 2.16. The fraction of sp³-hybridized carbons (Fsp3) is 0.391. The number of carbonyl (C=O) groups is 2. The molecule has 3 amide bonds. The summed E-state index contributed by atoms with van der Waals surface area (Å²) in [5, 5.41) is 5.70. The van der Waals surface area contributed by atoms with Gasteiger partial charge in [0.2, 0.25) is 5.91 Å². The van der Waals surface area contributed by atoms with Crippen molar-refractivity contribution >= 4 is 23.3 Å². The van der Waals surface area contributed by atoms with E-state index in [1.54, 1.807) is 0 Å². The smallest absolute Gasteiger partial charge is 0.319 e. The third-order valence-electron chi connectivity index (χ3n) is 4.47. The van der Waals surface area contributed by atoms with Gasteiger partial charge in [-0.25, -0.2) is 4.79 Å². The van der Waals surface area contributed by atoms with Gasteiger partial charge in [-0.1, -0.05) is 37.3 Å². The van der Waals surface area contributed by atoms with Gasteiger partial charge in [0.15, 0.2) is 0 Å². The molecule has 0 saturated carbocycles. The Hall–Kier alpha value is -3.02. The largest absolute Gasteiger partial charge is 0.377 e. The summed E-state index contributed by atoms with van der Waals surface area (Å²) < 4.78 is 0. The Morgan fingerprint density at radius 2 is 1.69 bits per heavy atom. The minimum atomic E-state index is -0.241. The van der Waals surface area contributed by atoms with Gasteiger partial charge in [-0.2, -0.15) is 0 Å². The third kappa shape index (κ3) is 6.82. The summed E-state index contributed by atoms with van der Waals surface area (Å²) in [4.78, 5) is 28.6. The van der Waals surface area contributed by atoms with Gasteiger partial charge in [-0.3, -0.25) is 4.79 Å².